The van der Waals surface area contributed by atoms with Crippen LogP contribution < -0.4 is 5.69 Å². The van der Waals surface area contributed by atoms with Gasteiger partial charge in [-0.25, -0.2) is 9.78 Å². The van der Waals surface area contributed by atoms with Gasteiger partial charge in [-0.15, -0.1) is 0 Å². The van der Waals surface area contributed by atoms with Crippen LogP contribution in [-0.4, -0.2) is 21.5 Å². The third-order valence-corrected chi connectivity index (χ3v) is 4.36. The second-order valence-corrected chi connectivity index (χ2v) is 6.30. The van der Waals surface area contributed by atoms with E-state index in [1.165, 1.54) is 24.5 Å². The molecular formula is C21H15F3N2O3. The highest BCUT2D eigenvalue weighted by atomic mass is 19.4. The summed E-state index contributed by atoms with van der Waals surface area (Å²) in [6.45, 7) is 0. The highest BCUT2D eigenvalue weighted by Crippen LogP contribution is 2.37. The van der Waals surface area contributed by atoms with Crippen LogP contribution in [0.15, 0.2) is 71.8 Å². The Balaban J connectivity index is 0.000000290. The maximum absolute atomic E-state index is 12.9. The van der Waals surface area contributed by atoms with Crippen molar-refractivity contribution in [2.45, 2.75) is 18.5 Å². The SMILES string of the molecule is O=C1CC(=O)C(c2cccc(C(F)(F)F)c2)c2ccccc21.O=c1nccc[nH]1. The van der Waals surface area contributed by atoms with Crippen molar-refractivity contribution in [1.29, 1.82) is 0 Å². The van der Waals surface area contributed by atoms with Crippen LogP contribution in [0.25, 0.3) is 0 Å². The number of nitrogens with zero attached hydrogens (tertiary/aromatic N) is 1. The minimum Gasteiger partial charge on any atom is -0.313 e. The lowest BCUT2D eigenvalue weighted by molar-refractivity contribution is -0.137. The zero-order valence-electron chi connectivity index (χ0n) is 14.9. The highest BCUT2D eigenvalue weighted by Gasteiger charge is 2.35. The molecular weight excluding hydrogens is 385 g/mol. The van der Waals surface area contributed by atoms with Crippen LogP contribution in [0.5, 0.6) is 0 Å². The van der Waals surface area contributed by atoms with Gasteiger partial charge in [-0.1, -0.05) is 42.5 Å². The minimum atomic E-state index is -4.47. The Morgan fingerprint density at radius 2 is 1.72 bits per heavy atom. The zero-order valence-corrected chi connectivity index (χ0v) is 14.9. The van der Waals surface area contributed by atoms with Gasteiger partial charge in [-0.3, -0.25) is 9.59 Å². The van der Waals surface area contributed by atoms with Gasteiger partial charge in [0, 0.05) is 18.0 Å². The van der Waals surface area contributed by atoms with E-state index in [2.05, 4.69) is 9.97 Å². The molecule has 1 N–H and O–H groups in total. The molecule has 0 fully saturated rings. The molecule has 1 heterocycles. The Bertz CT molecular complexity index is 1090. The van der Waals surface area contributed by atoms with Crippen LogP contribution in [0.1, 0.15) is 39.4 Å². The average molecular weight is 400 g/mol. The Kier molecular flexibility index (Phi) is 5.72. The monoisotopic (exact) mass is 400 g/mol. The van der Waals surface area contributed by atoms with Gasteiger partial charge >= 0.3 is 11.9 Å². The van der Waals surface area contributed by atoms with Gasteiger partial charge < -0.3 is 4.98 Å². The second kappa shape index (κ2) is 8.22. The van der Waals surface area contributed by atoms with Gasteiger partial charge in [0.1, 0.15) is 0 Å². The van der Waals surface area contributed by atoms with Crippen molar-refractivity contribution >= 4 is 11.6 Å². The van der Waals surface area contributed by atoms with E-state index in [1.54, 1.807) is 30.3 Å². The fourth-order valence-electron chi connectivity index (χ4n) is 3.10. The van der Waals surface area contributed by atoms with Crippen molar-refractivity contribution in [3.8, 4) is 0 Å². The molecule has 0 saturated carbocycles. The third kappa shape index (κ3) is 4.66. The molecule has 1 unspecified atom stereocenters. The predicted octanol–water partition coefficient (Wildman–Crippen LogP) is 3.76. The molecule has 1 aromatic heterocycles. The molecule has 0 saturated heterocycles. The normalized spacial score (nSPS) is 15.9. The Morgan fingerprint density at radius 1 is 0.966 bits per heavy atom. The van der Waals surface area contributed by atoms with Gasteiger partial charge in [0.25, 0.3) is 0 Å². The van der Waals surface area contributed by atoms with E-state index in [9.17, 15) is 27.6 Å². The van der Waals surface area contributed by atoms with Crippen molar-refractivity contribution < 1.29 is 22.8 Å². The first-order valence-electron chi connectivity index (χ1n) is 8.59. The number of benzene rings is 2. The summed E-state index contributed by atoms with van der Waals surface area (Å²) in [7, 11) is 0. The average Bonchev–Trinajstić information content (AvgIpc) is 2.69. The molecule has 4 rings (SSSR count). The largest absolute Gasteiger partial charge is 0.416 e. The fraction of sp³-hybridized carbons (Fsp3) is 0.143. The van der Waals surface area contributed by atoms with E-state index < -0.39 is 17.7 Å². The molecule has 5 nitrogen and oxygen atoms in total. The zero-order chi connectivity index (χ0) is 21.0. The van der Waals surface area contributed by atoms with Crippen LogP contribution >= 0.6 is 0 Å². The van der Waals surface area contributed by atoms with Crippen LogP contribution in [0.3, 0.4) is 0 Å². The number of hydrogen-bond acceptors (Lipinski definition) is 4. The summed E-state index contributed by atoms with van der Waals surface area (Å²) >= 11 is 0. The smallest absolute Gasteiger partial charge is 0.313 e. The summed E-state index contributed by atoms with van der Waals surface area (Å²) in [6.07, 6.45) is -1.77. The molecule has 1 atom stereocenters. The van der Waals surface area contributed by atoms with Gasteiger partial charge in [0.05, 0.1) is 17.9 Å². The lowest BCUT2D eigenvalue weighted by Gasteiger charge is -2.24. The van der Waals surface area contributed by atoms with E-state index >= 15 is 0 Å². The first-order valence-corrected chi connectivity index (χ1v) is 8.59. The summed E-state index contributed by atoms with van der Waals surface area (Å²) < 4.78 is 38.6. The van der Waals surface area contributed by atoms with Crippen LogP contribution in [0.2, 0.25) is 0 Å². The van der Waals surface area contributed by atoms with Crippen LogP contribution in [0, 0.1) is 0 Å². The van der Waals surface area contributed by atoms with E-state index in [0.717, 1.165) is 12.1 Å². The summed E-state index contributed by atoms with van der Waals surface area (Å²) in [4.78, 5) is 40.0. The Morgan fingerprint density at radius 3 is 2.34 bits per heavy atom. The van der Waals surface area contributed by atoms with Crippen LogP contribution in [0.4, 0.5) is 13.2 Å². The number of fused-ring (bicyclic) bond motifs is 1. The Hall–Kier alpha value is -3.55. The first-order chi connectivity index (χ1) is 13.8. The maximum Gasteiger partial charge on any atom is 0.416 e. The number of hydrogen-bond donors (Lipinski definition) is 1. The maximum atomic E-state index is 12.9. The number of alkyl halides is 3. The molecule has 1 aliphatic carbocycles. The Labute approximate surface area is 163 Å². The molecule has 0 amide bonds. The number of Topliss-reactive ketones (excluding diaryl/α,β-unsaturated/α-hetero) is 2. The molecule has 8 heteroatoms. The van der Waals surface area contributed by atoms with E-state index in [4.69, 9.17) is 0 Å². The van der Waals surface area contributed by atoms with Crippen molar-refractivity contribution in [3.05, 3.63) is 99.7 Å². The van der Waals surface area contributed by atoms with Crippen molar-refractivity contribution in [3.63, 3.8) is 0 Å². The molecule has 1 aliphatic rings. The van der Waals surface area contributed by atoms with E-state index in [0.29, 0.717) is 11.1 Å². The molecule has 148 valence electrons. The number of halogens is 3. The summed E-state index contributed by atoms with van der Waals surface area (Å²) in [5, 5.41) is 0. The summed E-state index contributed by atoms with van der Waals surface area (Å²) in [5.41, 5.74) is 0.0436. The van der Waals surface area contributed by atoms with Crippen LogP contribution in [-0.2, 0) is 11.0 Å². The lowest BCUT2D eigenvalue weighted by Crippen LogP contribution is -2.26. The number of aromatic nitrogens is 2. The molecule has 3 aromatic rings. The fourth-order valence-corrected chi connectivity index (χ4v) is 3.10. The number of carbonyl (C=O) groups excluding carboxylic acids is 2. The predicted molar refractivity (Wildman–Crippen MR) is 98.5 cm³/mol. The van der Waals surface area contributed by atoms with Crippen molar-refractivity contribution in [2.24, 2.45) is 0 Å². The molecule has 2 aromatic carbocycles. The quantitative estimate of drug-likeness (QED) is 0.631. The summed E-state index contributed by atoms with van der Waals surface area (Å²) in [6, 6.07) is 12.9. The number of rotatable bonds is 1. The van der Waals surface area contributed by atoms with Crippen molar-refractivity contribution in [2.75, 3.05) is 0 Å². The van der Waals surface area contributed by atoms with E-state index in [1.807, 2.05) is 0 Å². The third-order valence-electron chi connectivity index (χ3n) is 4.36. The molecule has 0 radical (unpaired) electrons. The number of aromatic amines is 1. The molecule has 29 heavy (non-hydrogen) atoms. The van der Waals surface area contributed by atoms with Gasteiger partial charge in [-0.2, -0.15) is 13.2 Å². The molecule has 0 bridgehead atoms. The first kappa shape index (κ1) is 20.2. The standard InChI is InChI=1S/C17H11F3O2.C4H4N2O/c18-17(19,20)11-5-3-4-10(8-11)16-13-7-2-1-6-12(13)14(21)9-15(16)22;7-4-5-2-1-3-6-4/h1-8,16H,9H2;1-3H,(H,5,6,7). The number of ketones is 2. The van der Waals surface area contributed by atoms with Gasteiger partial charge in [0.2, 0.25) is 0 Å². The number of H-pyrrole nitrogens is 1. The number of carbonyl (C=O) groups is 2. The highest BCUT2D eigenvalue weighted by molar-refractivity contribution is 6.15. The topological polar surface area (TPSA) is 79.9 Å². The molecule has 0 aliphatic heterocycles. The van der Waals surface area contributed by atoms with E-state index in [-0.39, 0.29) is 29.2 Å². The summed E-state index contributed by atoms with van der Waals surface area (Å²) in [5.74, 6) is -1.48. The molecule has 0 spiro atoms. The van der Waals surface area contributed by atoms with Gasteiger partial charge in [0.15, 0.2) is 11.6 Å². The second-order valence-electron chi connectivity index (χ2n) is 6.30. The number of nitrogens with one attached hydrogen (secondary N) is 1. The van der Waals surface area contributed by atoms with Gasteiger partial charge in [-0.05, 0) is 23.3 Å². The lowest BCUT2D eigenvalue weighted by atomic mass is 9.77. The van der Waals surface area contributed by atoms with Crippen molar-refractivity contribution in [1.82, 2.24) is 9.97 Å². The minimum absolute atomic E-state index is 0.264.